The third-order valence-corrected chi connectivity index (χ3v) is 3.93. The molecule has 1 N–H and O–H groups in total. The van der Waals surface area contributed by atoms with Crippen LogP contribution in [-0.4, -0.2) is 18.0 Å². The molecule has 0 amide bonds. The van der Waals surface area contributed by atoms with Gasteiger partial charge in [0.15, 0.2) is 0 Å². The van der Waals surface area contributed by atoms with Crippen LogP contribution in [0.5, 0.6) is 0 Å². The molecule has 0 unspecified atom stereocenters. The van der Waals surface area contributed by atoms with Crippen LogP contribution < -0.4 is 5.32 Å². The molecule has 0 aliphatic carbocycles. The lowest BCUT2D eigenvalue weighted by Crippen LogP contribution is -2.22. The maximum atomic E-state index is 13.5. The Balaban J connectivity index is 1.83. The van der Waals surface area contributed by atoms with Gasteiger partial charge in [-0.25, -0.2) is 4.39 Å². The topological polar surface area (TPSA) is 15.3 Å². The summed E-state index contributed by atoms with van der Waals surface area (Å²) in [6, 6.07) is 15.5. The van der Waals surface area contributed by atoms with E-state index in [9.17, 15) is 4.39 Å². The van der Waals surface area contributed by atoms with Crippen LogP contribution in [0.15, 0.2) is 48.5 Å². The Morgan fingerprint density at radius 2 is 1.50 bits per heavy atom. The molecule has 2 aromatic carbocycles. The van der Waals surface area contributed by atoms with Gasteiger partial charge in [-0.15, -0.1) is 0 Å². The number of nitrogens with one attached hydrogen (secondary N) is 1. The molecular formula is C19H25FN2. The van der Waals surface area contributed by atoms with Gasteiger partial charge in [-0.1, -0.05) is 56.3 Å². The number of rotatable bonds is 8. The van der Waals surface area contributed by atoms with E-state index in [0.717, 1.165) is 26.2 Å². The van der Waals surface area contributed by atoms with Gasteiger partial charge in [-0.2, -0.15) is 0 Å². The van der Waals surface area contributed by atoms with Gasteiger partial charge < -0.3 is 5.32 Å². The fourth-order valence-electron chi connectivity index (χ4n) is 2.45. The number of benzene rings is 2. The van der Waals surface area contributed by atoms with Crippen molar-refractivity contribution in [3.8, 4) is 0 Å². The molecule has 22 heavy (non-hydrogen) atoms. The second-order valence-electron chi connectivity index (χ2n) is 5.47. The van der Waals surface area contributed by atoms with Crippen molar-refractivity contribution in [3.63, 3.8) is 0 Å². The Kier molecular flexibility index (Phi) is 6.56. The van der Waals surface area contributed by atoms with Gasteiger partial charge >= 0.3 is 0 Å². The van der Waals surface area contributed by atoms with Crippen LogP contribution in [0, 0.1) is 5.82 Å². The second-order valence-corrected chi connectivity index (χ2v) is 5.47. The highest BCUT2D eigenvalue weighted by Gasteiger charge is 2.02. The molecule has 2 nitrogen and oxygen atoms in total. The molecule has 0 saturated heterocycles. The molecule has 0 spiro atoms. The molecule has 2 aromatic rings. The third kappa shape index (κ3) is 4.93. The van der Waals surface area contributed by atoms with Crippen LogP contribution in [0.1, 0.15) is 30.5 Å². The van der Waals surface area contributed by atoms with Crippen molar-refractivity contribution in [2.45, 2.75) is 33.5 Å². The quantitative estimate of drug-likeness (QED) is 0.794. The van der Waals surface area contributed by atoms with Crippen LogP contribution in [0.4, 0.5) is 4.39 Å². The van der Waals surface area contributed by atoms with E-state index in [1.807, 2.05) is 12.1 Å². The van der Waals surface area contributed by atoms with Crippen LogP contribution in [0.2, 0.25) is 0 Å². The molecule has 0 heterocycles. The minimum Gasteiger partial charge on any atom is -0.309 e. The Bertz CT molecular complexity index is 562. The van der Waals surface area contributed by atoms with Crippen molar-refractivity contribution in [2.24, 2.45) is 0 Å². The number of hydrogen-bond donors (Lipinski definition) is 1. The largest absolute Gasteiger partial charge is 0.309 e. The smallest absolute Gasteiger partial charge is 0.127 e. The fraction of sp³-hybridized carbons (Fsp3) is 0.368. The molecule has 118 valence electrons. The van der Waals surface area contributed by atoms with Crippen LogP contribution in [0.25, 0.3) is 0 Å². The van der Waals surface area contributed by atoms with E-state index >= 15 is 0 Å². The van der Waals surface area contributed by atoms with Crippen LogP contribution in [-0.2, 0) is 19.6 Å². The molecule has 0 saturated carbocycles. The Hall–Kier alpha value is -1.71. The van der Waals surface area contributed by atoms with E-state index in [1.54, 1.807) is 6.07 Å². The van der Waals surface area contributed by atoms with Gasteiger partial charge in [0.05, 0.1) is 0 Å². The average Bonchev–Trinajstić information content (AvgIpc) is 2.56. The molecule has 0 fully saturated rings. The first-order valence-corrected chi connectivity index (χ1v) is 7.97. The van der Waals surface area contributed by atoms with Crippen LogP contribution in [0.3, 0.4) is 0 Å². The molecule has 0 aliphatic heterocycles. The van der Waals surface area contributed by atoms with Crippen molar-refractivity contribution < 1.29 is 4.39 Å². The summed E-state index contributed by atoms with van der Waals surface area (Å²) >= 11 is 0. The predicted octanol–water partition coefficient (Wildman–Crippen LogP) is 3.96. The summed E-state index contributed by atoms with van der Waals surface area (Å²) in [5.41, 5.74) is 3.27. The highest BCUT2D eigenvalue weighted by molar-refractivity contribution is 5.23. The molecule has 2 rings (SSSR count). The summed E-state index contributed by atoms with van der Waals surface area (Å²) in [7, 11) is 0. The van der Waals surface area contributed by atoms with Gasteiger partial charge in [0.25, 0.3) is 0 Å². The lowest BCUT2D eigenvalue weighted by molar-refractivity contribution is 0.296. The van der Waals surface area contributed by atoms with Gasteiger partial charge in [-0.05, 0) is 30.3 Å². The molecule has 0 aromatic heterocycles. The van der Waals surface area contributed by atoms with E-state index < -0.39 is 0 Å². The molecule has 3 heteroatoms. The molecule has 0 bridgehead atoms. The summed E-state index contributed by atoms with van der Waals surface area (Å²) < 4.78 is 13.5. The van der Waals surface area contributed by atoms with Crippen LogP contribution >= 0.6 is 0 Å². The number of hydrogen-bond acceptors (Lipinski definition) is 2. The van der Waals surface area contributed by atoms with E-state index in [-0.39, 0.29) is 5.82 Å². The first-order valence-electron chi connectivity index (χ1n) is 7.97. The summed E-state index contributed by atoms with van der Waals surface area (Å²) in [6.45, 7) is 8.81. The maximum Gasteiger partial charge on any atom is 0.127 e. The van der Waals surface area contributed by atoms with Crippen molar-refractivity contribution in [1.82, 2.24) is 10.2 Å². The molecule has 0 aliphatic rings. The van der Waals surface area contributed by atoms with Gasteiger partial charge in [0, 0.05) is 25.2 Å². The predicted molar refractivity (Wildman–Crippen MR) is 90.0 cm³/mol. The number of halogens is 1. The second kappa shape index (κ2) is 8.66. The Labute approximate surface area is 133 Å². The lowest BCUT2D eigenvalue weighted by Gasteiger charge is -2.18. The molecule has 0 atom stereocenters. The molecule has 0 radical (unpaired) electrons. The summed E-state index contributed by atoms with van der Waals surface area (Å²) in [6.07, 6.45) is 0. The molecular weight excluding hydrogens is 275 g/mol. The SMILES string of the molecule is CCN(CC)Cc1ccc(CNCc2ccccc2F)cc1. The zero-order valence-electron chi connectivity index (χ0n) is 13.5. The first-order chi connectivity index (χ1) is 10.7. The average molecular weight is 300 g/mol. The van der Waals surface area contributed by atoms with Crippen molar-refractivity contribution in [1.29, 1.82) is 0 Å². The zero-order chi connectivity index (χ0) is 15.8. The maximum absolute atomic E-state index is 13.5. The highest BCUT2D eigenvalue weighted by atomic mass is 19.1. The third-order valence-electron chi connectivity index (χ3n) is 3.93. The van der Waals surface area contributed by atoms with E-state index in [0.29, 0.717) is 12.1 Å². The van der Waals surface area contributed by atoms with Gasteiger partial charge in [-0.3, -0.25) is 4.90 Å². The fourth-order valence-corrected chi connectivity index (χ4v) is 2.45. The summed E-state index contributed by atoms with van der Waals surface area (Å²) in [5.74, 6) is -0.149. The van der Waals surface area contributed by atoms with E-state index in [2.05, 4.69) is 48.3 Å². The number of nitrogens with zero attached hydrogens (tertiary/aromatic N) is 1. The standard InChI is InChI=1S/C19H25FN2/c1-3-22(4-2)15-17-11-9-16(10-12-17)13-21-14-18-7-5-6-8-19(18)20/h5-12,21H,3-4,13-15H2,1-2H3. The van der Waals surface area contributed by atoms with Gasteiger partial charge in [0.1, 0.15) is 5.82 Å². The Morgan fingerprint density at radius 3 is 2.14 bits per heavy atom. The van der Waals surface area contributed by atoms with E-state index in [1.165, 1.54) is 17.2 Å². The van der Waals surface area contributed by atoms with Crippen molar-refractivity contribution >= 4 is 0 Å². The minimum atomic E-state index is -0.149. The van der Waals surface area contributed by atoms with Crippen molar-refractivity contribution in [2.75, 3.05) is 13.1 Å². The van der Waals surface area contributed by atoms with Crippen molar-refractivity contribution in [3.05, 3.63) is 71.0 Å². The highest BCUT2D eigenvalue weighted by Crippen LogP contribution is 2.09. The first kappa shape index (κ1) is 16.7. The van der Waals surface area contributed by atoms with Gasteiger partial charge in [0.2, 0.25) is 0 Å². The zero-order valence-corrected chi connectivity index (χ0v) is 13.5. The normalized spacial score (nSPS) is 11.1. The monoisotopic (exact) mass is 300 g/mol. The lowest BCUT2D eigenvalue weighted by atomic mass is 10.1. The summed E-state index contributed by atoms with van der Waals surface area (Å²) in [5, 5.41) is 3.29. The Morgan fingerprint density at radius 1 is 0.864 bits per heavy atom. The minimum absolute atomic E-state index is 0.149. The van der Waals surface area contributed by atoms with E-state index in [4.69, 9.17) is 0 Å². The summed E-state index contributed by atoms with van der Waals surface area (Å²) in [4.78, 5) is 2.39.